The summed E-state index contributed by atoms with van der Waals surface area (Å²) in [4.78, 5) is 37.3. The number of hydrogen-bond acceptors (Lipinski definition) is 4. The zero-order valence-corrected chi connectivity index (χ0v) is 13.6. The van der Waals surface area contributed by atoms with Crippen molar-refractivity contribution in [3.63, 3.8) is 0 Å². The summed E-state index contributed by atoms with van der Waals surface area (Å²) in [5.41, 5.74) is 0.470. The minimum Gasteiger partial charge on any atom is -0.481 e. The number of nitrogens with one attached hydrogen (secondary N) is 1. The number of carboxylic acid groups (broad SMARTS) is 1. The predicted molar refractivity (Wildman–Crippen MR) is 87.6 cm³/mol. The minimum absolute atomic E-state index is 0.0832. The second-order valence-electron chi connectivity index (χ2n) is 5.27. The van der Waals surface area contributed by atoms with Gasteiger partial charge in [-0.3, -0.25) is 14.4 Å². The number of carboxylic acids is 1. The van der Waals surface area contributed by atoms with Crippen LogP contribution in [-0.2, 0) is 9.59 Å². The van der Waals surface area contributed by atoms with E-state index in [1.165, 1.54) is 11.8 Å². The second-order valence-corrected chi connectivity index (χ2v) is 6.29. The van der Waals surface area contributed by atoms with Crippen LogP contribution < -0.4 is 5.32 Å². The van der Waals surface area contributed by atoms with Gasteiger partial charge in [-0.2, -0.15) is 0 Å². The van der Waals surface area contributed by atoms with Crippen molar-refractivity contribution in [3.05, 3.63) is 29.8 Å². The van der Waals surface area contributed by atoms with Crippen LogP contribution in [0.1, 0.15) is 29.6 Å². The predicted octanol–water partition coefficient (Wildman–Crippen LogP) is 1.61. The Balaban J connectivity index is 1.92. The molecule has 23 heavy (non-hydrogen) atoms. The van der Waals surface area contributed by atoms with E-state index in [-0.39, 0.29) is 24.8 Å². The Labute approximate surface area is 139 Å². The van der Waals surface area contributed by atoms with Crippen LogP contribution in [0.25, 0.3) is 0 Å². The summed E-state index contributed by atoms with van der Waals surface area (Å²) in [6.07, 6.45) is 1.99. The van der Waals surface area contributed by atoms with Crippen LogP contribution in [0.15, 0.2) is 29.2 Å². The quantitative estimate of drug-likeness (QED) is 0.739. The molecule has 0 unspecified atom stereocenters. The molecule has 1 aromatic rings. The molecule has 2 rings (SSSR count). The molecule has 2 amide bonds. The molecule has 6 nitrogen and oxygen atoms in total. The third-order valence-electron chi connectivity index (χ3n) is 3.57. The highest BCUT2D eigenvalue weighted by molar-refractivity contribution is 8.00. The van der Waals surface area contributed by atoms with Crippen LogP contribution in [0.3, 0.4) is 0 Å². The van der Waals surface area contributed by atoms with Crippen molar-refractivity contribution in [2.24, 2.45) is 0 Å². The summed E-state index contributed by atoms with van der Waals surface area (Å²) in [5, 5.41) is 11.2. The normalized spacial score (nSPS) is 13.8. The van der Waals surface area contributed by atoms with E-state index < -0.39 is 5.97 Å². The number of carbonyl (C=O) groups is 3. The number of benzene rings is 1. The van der Waals surface area contributed by atoms with Crippen molar-refractivity contribution in [3.8, 4) is 0 Å². The van der Waals surface area contributed by atoms with Crippen LogP contribution in [0.2, 0.25) is 0 Å². The lowest BCUT2D eigenvalue weighted by Gasteiger charge is -2.15. The summed E-state index contributed by atoms with van der Waals surface area (Å²) in [6.45, 7) is 1.72. The van der Waals surface area contributed by atoms with Gasteiger partial charge < -0.3 is 15.3 Å². The maximum absolute atomic E-state index is 12.1. The van der Waals surface area contributed by atoms with Gasteiger partial charge in [0.05, 0.1) is 17.7 Å². The maximum atomic E-state index is 12.1. The molecule has 0 atom stereocenters. The summed E-state index contributed by atoms with van der Waals surface area (Å²) < 4.78 is 0. The van der Waals surface area contributed by atoms with Gasteiger partial charge in [-0.1, -0.05) is 12.1 Å². The molecule has 1 saturated heterocycles. The number of thioether (sulfide) groups is 1. The molecule has 1 fully saturated rings. The van der Waals surface area contributed by atoms with E-state index in [2.05, 4.69) is 5.32 Å². The molecule has 0 saturated carbocycles. The number of rotatable bonds is 7. The summed E-state index contributed by atoms with van der Waals surface area (Å²) >= 11 is 1.34. The van der Waals surface area contributed by atoms with E-state index in [0.29, 0.717) is 11.3 Å². The highest BCUT2D eigenvalue weighted by atomic mass is 32.2. The minimum atomic E-state index is -0.954. The summed E-state index contributed by atoms with van der Waals surface area (Å²) in [5.74, 6) is -0.875. The van der Waals surface area contributed by atoms with Gasteiger partial charge in [0.25, 0.3) is 5.91 Å². The number of hydrogen-bond donors (Lipinski definition) is 2. The lowest BCUT2D eigenvalue weighted by Crippen LogP contribution is -2.29. The zero-order valence-electron chi connectivity index (χ0n) is 12.8. The van der Waals surface area contributed by atoms with E-state index in [4.69, 9.17) is 5.11 Å². The molecule has 0 spiro atoms. The third kappa shape index (κ3) is 5.28. The van der Waals surface area contributed by atoms with Crippen LogP contribution >= 0.6 is 11.8 Å². The summed E-state index contributed by atoms with van der Waals surface area (Å²) in [7, 11) is 0. The van der Waals surface area contributed by atoms with Gasteiger partial charge in [-0.05, 0) is 25.0 Å². The van der Waals surface area contributed by atoms with Gasteiger partial charge in [0, 0.05) is 24.5 Å². The Morgan fingerprint density at radius 1 is 1.17 bits per heavy atom. The van der Waals surface area contributed by atoms with Crippen molar-refractivity contribution < 1.29 is 19.5 Å². The highest BCUT2D eigenvalue weighted by Gasteiger charge is 2.19. The zero-order chi connectivity index (χ0) is 16.7. The van der Waals surface area contributed by atoms with Crippen LogP contribution in [-0.4, -0.2) is 53.2 Å². The second kappa shape index (κ2) is 8.57. The first-order valence-electron chi connectivity index (χ1n) is 7.57. The highest BCUT2D eigenvalue weighted by Crippen LogP contribution is 2.23. The first-order chi connectivity index (χ1) is 11.1. The first kappa shape index (κ1) is 17.3. The molecule has 0 bridgehead atoms. The Kier molecular flexibility index (Phi) is 6.46. The van der Waals surface area contributed by atoms with E-state index in [0.717, 1.165) is 30.8 Å². The van der Waals surface area contributed by atoms with Crippen molar-refractivity contribution >= 4 is 29.5 Å². The lowest BCUT2D eigenvalue weighted by atomic mass is 10.2. The molecular formula is C16H20N2O4S. The average Bonchev–Trinajstić information content (AvgIpc) is 3.07. The van der Waals surface area contributed by atoms with Crippen LogP contribution in [0, 0.1) is 0 Å². The molecule has 1 heterocycles. The topological polar surface area (TPSA) is 86.7 Å². The van der Waals surface area contributed by atoms with Crippen molar-refractivity contribution in [2.45, 2.75) is 24.2 Å². The van der Waals surface area contributed by atoms with Gasteiger partial charge in [0.15, 0.2) is 0 Å². The first-order valence-corrected chi connectivity index (χ1v) is 8.56. The van der Waals surface area contributed by atoms with Crippen LogP contribution in [0.5, 0.6) is 0 Å². The number of aliphatic carboxylic acids is 1. The fourth-order valence-corrected chi connectivity index (χ4v) is 3.31. The average molecular weight is 336 g/mol. The molecule has 1 aromatic carbocycles. The molecule has 7 heteroatoms. The van der Waals surface area contributed by atoms with Crippen molar-refractivity contribution in [1.82, 2.24) is 10.2 Å². The fraction of sp³-hybridized carbons (Fsp3) is 0.438. The van der Waals surface area contributed by atoms with E-state index in [9.17, 15) is 14.4 Å². The molecule has 0 aromatic heterocycles. The van der Waals surface area contributed by atoms with Gasteiger partial charge in [0.2, 0.25) is 5.91 Å². The van der Waals surface area contributed by atoms with E-state index in [1.54, 1.807) is 18.2 Å². The number of nitrogens with zero attached hydrogens (tertiary/aromatic N) is 1. The third-order valence-corrected chi connectivity index (χ3v) is 4.62. The molecule has 1 aliphatic rings. The Hall–Kier alpha value is -2.02. The van der Waals surface area contributed by atoms with Gasteiger partial charge in [-0.25, -0.2) is 0 Å². The summed E-state index contributed by atoms with van der Waals surface area (Å²) in [6, 6.07) is 7.04. The molecule has 0 aliphatic carbocycles. The molecular weight excluding hydrogens is 316 g/mol. The number of carbonyl (C=O) groups excluding carboxylic acids is 2. The largest absolute Gasteiger partial charge is 0.481 e. The molecule has 1 aliphatic heterocycles. The monoisotopic (exact) mass is 336 g/mol. The number of likely N-dealkylation sites (tertiary alicyclic amines) is 1. The van der Waals surface area contributed by atoms with E-state index in [1.807, 2.05) is 11.0 Å². The number of amides is 2. The Morgan fingerprint density at radius 2 is 1.87 bits per heavy atom. The molecule has 2 N–H and O–H groups in total. The Morgan fingerprint density at radius 3 is 2.57 bits per heavy atom. The van der Waals surface area contributed by atoms with Crippen molar-refractivity contribution in [1.29, 1.82) is 0 Å². The molecule has 0 radical (unpaired) electrons. The maximum Gasteiger partial charge on any atom is 0.305 e. The fourth-order valence-electron chi connectivity index (χ4n) is 2.36. The molecule has 124 valence electrons. The van der Waals surface area contributed by atoms with Gasteiger partial charge in [0.1, 0.15) is 0 Å². The van der Waals surface area contributed by atoms with Gasteiger partial charge in [-0.15, -0.1) is 11.8 Å². The van der Waals surface area contributed by atoms with Crippen LogP contribution in [0.4, 0.5) is 0 Å². The SMILES string of the molecule is O=C(O)CCNC(=O)c1ccccc1SCC(=O)N1CCCC1. The Bertz CT molecular complexity index is 585. The van der Waals surface area contributed by atoms with Crippen molar-refractivity contribution in [2.75, 3.05) is 25.4 Å². The van der Waals surface area contributed by atoms with Gasteiger partial charge >= 0.3 is 5.97 Å². The lowest BCUT2D eigenvalue weighted by molar-refractivity contribution is -0.136. The standard InChI is InChI=1S/C16H20N2O4S/c19-14(18-9-3-4-10-18)11-23-13-6-2-1-5-12(13)16(22)17-8-7-15(20)21/h1-2,5-6H,3-4,7-11H2,(H,17,22)(H,20,21). The smallest absolute Gasteiger partial charge is 0.305 e. The van der Waals surface area contributed by atoms with E-state index >= 15 is 0 Å².